The molecule has 1 aromatic heterocycles. The maximum Gasteiger partial charge on any atom is 0.261 e. The maximum atomic E-state index is 12.6. The second kappa shape index (κ2) is 7.12. The molecule has 3 N–H and O–H groups in total. The second-order valence-electron chi connectivity index (χ2n) is 6.42. The number of nitrogens with one attached hydrogen (secondary N) is 3. The first-order valence-corrected chi connectivity index (χ1v) is 10.1. The highest BCUT2D eigenvalue weighted by Crippen LogP contribution is 2.23. The van der Waals surface area contributed by atoms with Gasteiger partial charge in [-0.25, -0.2) is 8.42 Å². The number of fused-ring (bicyclic) bond motifs is 1. The van der Waals surface area contributed by atoms with E-state index in [-0.39, 0.29) is 21.7 Å². The summed E-state index contributed by atoms with van der Waals surface area (Å²) in [6.45, 7) is 1.61. The van der Waals surface area contributed by atoms with Gasteiger partial charge in [-0.05, 0) is 49.4 Å². The number of nitrogens with zero attached hydrogens (tertiary/aromatic N) is 1. The molecule has 0 fully saturated rings. The molecule has 1 aliphatic rings. The van der Waals surface area contributed by atoms with Gasteiger partial charge in [-0.3, -0.25) is 24.4 Å². The molecule has 0 unspecified atom stereocenters. The van der Waals surface area contributed by atoms with Crippen LogP contribution in [0.15, 0.2) is 58.1 Å². The van der Waals surface area contributed by atoms with Gasteiger partial charge >= 0.3 is 0 Å². The molecule has 0 spiro atoms. The van der Waals surface area contributed by atoms with E-state index in [0.717, 1.165) is 6.07 Å². The lowest BCUT2D eigenvalue weighted by molar-refractivity contribution is 0.0878. The first kappa shape index (κ1) is 19.3. The molecule has 0 saturated heterocycles. The van der Waals surface area contributed by atoms with Crippen LogP contribution in [0.2, 0.25) is 0 Å². The fourth-order valence-corrected chi connectivity index (χ4v) is 3.95. The minimum absolute atomic E-state index is 0.00460. The molecule has 2 heterocycles. The van der Waals surface area contributed by atoms with Gasteiger partial charge in [0.05, 0.1) is 22.2 Å². The highest BCUT2D eigenvalue weighted by molar-refractivity contribution is 7.92. The van der Waals surface area contributed by atoms with Crippen molar-refractivity contribution in [2.45, 2.75) is 11.8 Å². The van der Waals surface area contributed by atoms with Crippen molar-refractivity contribution in [3.8, 4) is 0 Å². The Kier molecular flexibility index (Phi) is 4.59. The number of carbonyl (C=O) groups is 3. The smallest absolute Gasteiger partial charge is 0.261 e. The number of aryl methyl sites for hydroxylation is 1. The Morgan fingerprint density at radius 2 is 1.67 bits per heavy atom. The van der Waals surface area contributed by atoms with Gasteiger partial charge in [0.25, 0.3) is 27.7 Å². The van der Waals surface area contributed by atoms with Crippen molar-refractivity contribution in [2.24, 2.45) is 0 Å². The number of sulfonamides is 1. The molecule has 0 atom stereocenters. The molecule has 0 aliphatic carbocycles. The summed E-state index contributed by atoms with van der Waals surface area (Å²) >= 11 is 0. The first-order valence-electron chi connectivity index (χ1n) is 8.60. The predicted octanol–water partition coefficient (Wildman–Crippen LogP) is 1.92. The van der Waals surface area contributed by atoms with Crippen LogP contribution in [0.5, 0.6) is 0 Å². The van der Waals surface area contributed by atoms with Gasteiger partial charge in [0.1, 0.15) is 11.3 Å². The molecule has 1 aliphatic heterocycles. The summed E-state index contributed by atoms with van der Waals surface area (Å²) in [5.74, 6) is -1.24. The largest absolute Gasteiger partial charge is 0.361 e. The third kappa shape index (κ3) is 3.53. The predicted molar refractivity (Wildman–Crippen MR) is 105 cm³/mol. The van der Waals surface area contributed by atoms with Gasteiger partial charge < -0.3 is 9.84 Å². The molecule has 0 bridgehead atoms. The SMILES string of the molecule is Cc1oncc1C(=O)Nc1ccc(NS(=O)(=O)c2ccc3c(c2)C(=O)NC3=O)cc1. The molecule has 0 saturated carbocycles. The zero-order valence-electron chi connectivity index (χ0n) is 15.4. The number of aromatic nitrogens is 1. The zero-order valence-corrected chi connectivity index (χ0v) is 16.2. The van der Waals surface area contributed by atoms with Crippen LogP contribution < -0.4 is 15.4 Å². The third-order valence-corrected chi connectivity index (χ3v) is 5.79. The lowest BCUT2D eigenvalue weighted by Crippen LogP contribution is -2.19. The van der Waals surface area contributed by atoms with Gasteiger partial charge in [-0.2, -0.15) is 0 Å². The van der Waals surface area contributed by atoms with Crippen molar-refractivity contribution in [2.75, 3.05) is 10.0 Å². The second-order valence-corrected chi connectivity index (χ2v) is 8.11. The van der Waals surface area contributed by atoms with Crippen molar-refractivity contribution in [3.05, 3.63) is 71.1 Å². The highest BCUT2D eigenvalue weighted by Gasteiger charge is 2.28. The van der Waals surface area contributed by atoms with Gasteiger partial charge in [0, 0.05) is 11.4 Å². The summed E-state index contributed by atoms with van der Waals surface area (Å²) in [6.07, 6.45) is 1.30. The van der Waals surface area contributed by atoms with Crippen LogP contribution in [-0.4, -0.2) is 31.3 Å². The van der Waals surface area contributed by atoms with Crippen molar-refractivity contribution in [1.82, 2.24) is 10.5 Å². The summed E-state index contributed by atoms with van der Waals surface area (Å²) in [5.41, 5.74) is 1.11. The van der Waals surface area contributed by atoms with Crippen LogP contribution in [0.4, 0.5) is 11.4 Å². The molecular weight excluding hydrogens is 412 g/mol. The number of imide groups is 1. The average Bonchev–Trinajstić information content (AvgIpc) is 3.26. The number of amides is 3. The monoisotopic (exact) mass is 426 g/mol. The highest BCUT2D eigenvalue weighted by atomic mass is 32.2. The first-order chi connectivity index (χ1) is 14.2. The minimum atomic E-state index is -4.00. The van der Waals surface area contributed by atoms with Crippen LogP contribution in [0.1, 0.15) is 36.8 Å². The van der Waals surface area contributed by atoms with Crippen LogP contribution in [0.3, 0.4) is 0 Å². The van der Waals surface area contributed by atoms with E-state index in [1.54, 1.807) is 6.92 Å². The fraction of sp³-hybridized carbons (Fsp3) is 0.0526. The van der Waals surface area contributed by atoms with Crippen LogP contribution in [0, 0.1) is 6.92 Å². The quantitative estimate of drug-likeness (QED) is 0.528. The molecule has 11 heteroatoms. The number of benzene rings is 2. The molecule has 30 heavy (non-hydrogen) atoms. The standard InChI is InChI=1S/C19H14N4O6S/c1-10-16(9-20-29-10)19(26)21-11-2-4-12(5-3-11)23-30(27,28)13-6-7-14-15(8-13)18(25)22-17(14)24/h2-9,23H,1H3,(H,21,26)(H,22,24,25). The molecule has 4 rings (SSSR count). The molecule has 2 aromatic carbocycles. The average molecular weight is 426 g/mol. The van der Waals surface area contributed by atoms with Crippen LogP contribution in [-0.2, 0) is 10.0 Å². The van der Waals surface area contributed by atoms with Gasteiger partial charge in [0.2, 0.25) is 0 Å². The van der Waals surface area contributed by atoms with Gasteiger partial charge in [0.15, 0.2) is 0 Å². The molecule has 3 aromatic rings. The number of anilines is 2. The van der Waals surface area contributed by atoms with E-state index in [2.05, 4.69) is 20.5 Å². The van der Waals surface area contributed by atoms with E-state index in [4.69, 9.17) is 4.52 Å². The summed E-state index contributed by atoms with van der Waals surface area (Å²) in [5, 5.41) is 8.30. The summed E-state index contributed by atoms with van der Waals surface area (Å²) < 4.78 is 32.5. The van der Waals surface area contributed by atoms with Crippen molar-refractivity contribution in [3.63, 3.8) is 0 Å². The number of carbonyl (C=O) groups excluding carboxylic acids is 3. The Bertz CT molecular complexity index is 1290. The Morgan fingerprint density at radius 1 is 1.00 bits per heavy atom. The van der Waals surface area contributed by atoms with E-state index in [0.29, 0.717) is 17.0 Å². The van der Waals surface area contributed by atoms with E-state index < -0.39 is 27.7 Å². The summed E-state index contributed by atoms with van der Waals surface area (Å²) in [6, 6.07) is 9.66. The number of hydrogen-bond acceptors (Lipinski definition) is 7. The topological polar surface area (TPSA) is 147 Å². The van der Waals surface area contributed by atoms with E-state index >= 15 is 0 Å². The van der Waals surface area contributed by atoms with Crippen LogP contribution in [0.25, 0.3) is 0 Å². The Balaban J connectivity index is 1.50. The minimum Gasteiger partial charge on any atom is -0.361 e. The fourth-order valence-electron chi connectivity index (χ4n) is 2.86. The maximum absolute atomic E-state index is 12.6. The molecule has 10 nitrogen and oxygen atoms in total. The van der Waals surface area contributed by atoms with Crippen molar-refractivity contribution in [1.29, 1.82) is 0 Å². The number of hydrogen-bond donors (Lipinski definition) is 3. The van der Waals surface area contributed by atoms with E-state index in [9.17, 15) is 22.8 Å². The summed E-state index contributed by atoms with van der Waals surface area (Å²) in [4.78, 5) is 35.3. The summed E-state index contributed by atoms with van der Waals surface area (Å²) in [7, 11) is -4.00. The van der Waals surface area contributed by atoms with Crippen molar-refractivity contribution < 1.29 is 27.3 Å². The molecule has 152 valence electrons. The normalized spacial score (nSPS) is 13.0. The van der Waals surface area contributed by atoms with Crippen molar-refractivity contribution >= 4 is 39.1 Å². The lowest BCUT2D eigenvalue weighted by Gasteiger charge is -2.10. The molecule has 0 radical (unpaired) electrons. The molecular formula is C19H14N4O6S. The Labute approximate surface area is 170 Å². The third-order valence-electron chi connectivity index (χ3n) is 4.41. The molecule has 3 amide bonds. The lowest BCUT2D eigenvalue weighted by atomic mass is 10.1. The number of rotatable bonds is 5. The van der Waals surface area contributed by atoms with Crippen LogP contribution >= 0.6 is 0 Å². The van der Waals surface area contributed by atoms with Gasteiger partial charge in [-0.15, -0.1) is 0 Å². The van der Waals surface area contributed by atoms with E-state index in [1.165, 1.54) is 42.6 Å². The Hall–Kier alpha value is -3.99. The Morgan fingerprint density at radius 3 is 2.33 bits per heavy atom. The van der Waals surface area contributed by atoms with E-state index in [1.807, 2.05) is 0 Å². The van der Waals surface area contributed by atoms with Gasteiger partial charge in [-0.1, -0.05) is 5.16 Å². The zero-order chi connectivity index (χ0) is 21.5.